The highest BCUT2D eigenvalue weighted by molar-refractivity contribution is 6.00. The predicted molar refractivity (Wildman–Crippen MR) is 181 cm³/mol. The zero-order chi connectivity index (χ0) is 34.2. The van der Waals surface area contributed by atoms with Gasteiger partial charge in [0, 0.05) is 56.3 Å². The van der Waals surface area contributed by atoms with Crippen LogP contribution in [0.2, 0.25) is 0 Å². The number of anilines is 1. The number of furan rings is 1. The second kappa shape index (κ2) is 17.1. The second-order valence-electron chi connectivity index (χ2n) is 14.4. The fourth-order valence-corrected chi connectivity index (χ4v) is 7.95. The highest BCUT2D eigenvalue weighted by Crippen LogP contribution is 2.42. The van der Waals surface area contributed by atoms with Crippen LogP contribution in [0.1, 0.15) is 88.6 Å². The Labute approximate surface area is 283 Å². The van der Waals surface area contributed by atoms with E-state index in [9.17, 15) is 18.8 Å². The molecule has 0 unspecified atom stereocenters. The summed E-state index contributed by atoms with van der Waals surface area (Å²) in [4.78, 5) is 42.6. The van der Waals surface area contributed by atoms with Gasteiger partial charge < -0.3 is 34.6 Å². The van der Waals surface area contributed by atoms with E-state index in [1.807, 2.05) is 4.90 Å². The number of esters is 1. The highest BCUT2D eigenvalue weighted by Gasteiger charge is 2.47. The van der Waals surface area contributed by atoms with Gasteiger partial charge in [0.05, 0.1) is 12.7 Å². The quantitative estimate of drug-likeness (QED) is 0.181. The number of nitrogens with zero attached hydrogens (tertiary/aromatic N) is 1. The number of likely N-dealkylation sites (tertiary alicyclic amines) is 1. The molecule has 48 heavy (non-hydrogen) atoms. The average molecular weight is 672 g/mol. The van der Waals surface area contributed by atoms with Crippen molar-refractivity contribution in [3.63, 3.8) is 0 Å². The second-order valence-corrected chi connectivity index (χ2v) is 14.4. The van der Waals surface area contributed by atoms with Gasteiger partial charge in [-0.2, -0.15) is 0 Å². The molecule has 1 saturated heterocycles. The number of carbonyl (C=O) groups excluding carboxylic acids is 3. The molecule has 2 aromatic rings. The van der Waals surface area contributed by atoms with Crippen LogP contribution < -0.4 is 11.1 Å². The van der Waals surface area contributed by atoms with Crippen molar-refractivity contribution in [2.45, 2.75) is 96.2 Å². The highest BCUT2D eigenvalue weighted by atomic mass is 19.1. The fraction of sp³-hybridized carbons (Fsp3) is 0.703. The number of ether oxygens (including phenoxy) is 3. The van der Waals surface area contributed by atoms with Crippen LogP contribution in [0.3, 0.4) is 0 Å². The Bertz CT molecular complexity index is 1370. The molecule has 5 rings (SSSR count). The van der Waals surface area contributed by atoms with Gasteiger partial charge in [-0.05, 0) is 106 Å². The number of alkyl halides is 1. The molecule has 0 radical (unpaired) electrons. The third-order valence-corrected chi connectivity index (χ3v) is 10.7. The molecule has 266 valence electrons. The zero-order valence-corrected chi connectivity index (χ0v) is 28.8. The lowest BCUT2D eigenvalue weighted by Crippen LogP contribution is -2.50. The van der Waals surface area contributed by atoms with Crippen molar-refractivity contribution in [1.29, 1.82) is 0 Å². The van der Waals surface area contributed by atoms with Crippen molar-refractivity contribution in [3.8, 4) is 0 Å². The number of nitrogens with two attached hydrogens (primary N) is 1. The molecule has 1 aliphatic heterocycles. The number of halogens is 1. The smallest absolute Gasteiger partial charge is 0.374 e. The minimum absolute atomic E-state index is 0.0235. The Morgan fingerprint density at radius 1 is 1.02 bits per heavy atom. The number of methoxy groups -OCH3 is 1. The summed E-state index contributed by atoms with van der Waals surface area (Å²) in [5, 5.41) is 3.76. The molecule has 10 nitrogen and oxygen atoms in total. The van der Waals surface area contributed by atoms with Gasteiger partial charge >= 0.3 is 5.97 Å². The van der Waals surface area contributed by atoms with E-state index < -0.39 is 24.7 Å². The molecule has 11 heteroatoms. The Hall–Kier alpha value is -3.02. The minimum atomic E-state index is -0.581. The van der Waals surface area contributed by atoms with Crippen molar-refractivity contribution < 1.29 is 37.4 Å². The van der Waals surface area contributed by atoms with E-state index >= 15 is 0 Å². The van der Waals surface area contributed by atoms with Crippen molar-refractivity contribution in [2.24, 2.45) is 35.3 Å². The molecule has 2 heterocycles. The summed E-state index contributed by atoms with van der Waals surface area (Å²) in [6.07, 6.45) is 8.23. The van der Waals surface area contributed by atoms with Crippen LogP contribution in [0, 0.1) is 29.6 Å². The summed E-state index contributed by atoms with van der Waals surface area (Å²) in [7, 11) is 1.75. The zero-order valence-electron chi connectivity index (χ0n) is 28.8. The third-order valence-electron chi connectivity index (χ3n) is 10.7. The number of nitrogens with one attached hydrogen (secondary N) is 1. The Morgan fingerprint density at radius 2 is 1.77 bits per heavy atom. The van der Waals surface area contributed by atoms with Crippen molar-refractivity contribution in [3.05, 3.63) is 30.0 Å². The SMILES string of the molecule is COC1CCC([C@@H]2CCN(C(=O)[C@H]3CC[C@H]([C@H](N)CF)CC3)[C@@H]2C(=O)Nc2ccc3oc(C(=O)OCCCOCC(C)C)cc3c2)CC1. The molecular weight excluding hydrogens is 617 g/mol. The van der Waals surface area contributed by atoms with Crippen LogP contribution in [-0.2, 0) is 23.8 Å². The number of amides is 2. The van der Waals surface area contributed by atoms with Gasteiger partial charge in [-0.1, -0.05) is 13.8 Å². The number of fused-ring (bicyclic) bond motifs is 1. The molecule has 0 spiro atoms. The Balaban J connectivity index is 1.25. The van der Waals surface area contributed by atoms with Gasteiger partial charge in [0.2, 0.25) is 17.6 Å². The van der Waals surface area contributed by atoms with E-state index in [1.54, 1.807) is 31.4 Å². The Morgan fingerprint density at radius 3 is 2.46 bits per heavy atom. The van der Waals surface area contributed by atoms with Gasteiger partial charge in [0.25, 0.3) is 0 Å². The molecule has 2 amide bonds. The topological polar surface area (TPSA) is 133 Å². The lowest BCUT2D eigenvalue weighted by molar-refractivity contribution is -0.142. The number of hydrogen-bond donors (Lipinski definition) is 2. The summed E-state index contributed by atoms with van der Waals surface area (Å²) in [5.74, 6) is 0.114. The lowest BCUT2D eigenvalue weighted by atomic mass is 9.75. The largest absolute Gasteiger partial charge is 0.460 e. The maximum Gasteiger partial charge on any atom is 0.374 e. The summed E-state index contributed by atoms with van der Waals surface area (Å²) in [5.41, 5.74) is 7.05. The van der Waals surface area contributed by atoms with Gasteiger partial charge in [-0.25, -0.2) is 9.18 Å². The van der Waals surface area contributed by atoms with E-state index in [0.29, 0.717) is 67.5 Å². The molecule has 0 bridgehead atoms. The van der Waals surface area contributed by atoms with Gasteiger partial charge in [-0.3, -0.25) is 9.59 Å². The van der Waals surface area contributed by atoms with Crippen molar-refractivity contribution >= 4 is 34.4 Å². The summed E-state index contributed by atoms with van der Waals surface area (Å²) >= 11 is 0. The lowest BCUT2D eigenvalue weighted by Gasteiger charge is -2.37. The first-order valence-electron chi connectivity index (χ1n) is 17.9. The maximum absolute atomic E-state index is 14.2. The van der Waals surface area contributed by atoms with E-state index in [-0.39, 0.29) is 48.0 Å². The van der Waals surface area contributed by atoms with Crippen LogP contribution in [0.4, 0.5) is 10.1 Å². The van der Waals surface area contributed by atoms with E-state index in [0.717, 1.165) is 44.9 Å². The molecule has 3 atom stereocenters. The molecule has 2 aliphatic carbocycles. The van der Waals surface area contributed by atoms with Crippen LogP contribution in [-0.4, -0.2) is 81.0 Å². The first-order chi connectivity index (χ1) is 23.2. The van der Waals surface area contributed by atoms with Gasteiger partial charge in [0.15, 0.2) is 0 Å². The normalized spacial score (nSPS) is 26.9. The molecule has 3 aliphatic rings. The van der Waals surface area contributed by atoms with E-state index in [4.69, 9.17) is 24.4 Å². The number of hydrogen-bond acceptors (Lipinski definition) is 8. The standard InChI is InChI=1S/C37H54FN3O7/c1-23(2)22-46-17-4-18-47-37(44)33-20-27-19-28(11-14-32(27)48-33)40-35(42)34-30(24-9-12-29(45-3)13-10-24)15-16-41(34)36(43)26-7-5-25(6-8-26)31(39)21-38/h11,14,19-20,23-26,29-31,34H,4-10,12-13,15-18,21-22,39H2,1-3H3,(H,40,42)/t24?,25-,26-,29?,30-,31+,34-/m0/s1. The fourth-order valence-electron chi connectivity index (χ4n) is 7.95. The van der Waals surface area contributed by atoms with Crippen molar-refractivity contribution in [1.82, 2.24) is 4.90 Å². The maximum atomic E-state index is 14.2. The molecule has 3 N–H and O–H groups in total. The average Bonchev–Trinajstić information content (AvgIpc) is 3.74. The number of benzene rings is 1. The van der Waals surface area contributed by atoms with Gasteiger partial charge in [0.1, 0.15) is 18.3 Å². The van der Waals surface area contributed by atoms with Gasteiger partial charge in [-0.15, -0.1) is 0 Å². The van der Waals surface area contributed by atoms with Crippen LogP contribution >= 0.6 is 0 Å². The first-order valence-corrected chi connectivity index (χ1v) is 17.9. The van der Waals surface area contributed by atoms with E-state index in [2.05, 4.69) is 19.2 Å². The molecule has 1 aromatic carbocycles. The first kappa shape index (κ1) is 36.3. The molecule has 1 aromatic heterocycles. The molecular formula is C37H54FN3O7. The monoisotopic (exact) mass is 671 g/mol. The van der Waals surface area contributed by atoms with Crippen LogP contribution in [0.5, 0.6) is 0 Å². The van der Waals surface area contributed by atoms with E-state index in [1.165, 1.54) is 0 Å². The van der Waals surface area contributed by atoms with Crippen molar-refractivity contribution in [2.75, 3.05) is 45.5 Å². The van der Waals surface area contributed by atoms with Crippen LogP contribution in [0.25, 0.3) is 11.0 Å². The number of rotatable bonds is 14. The molecule has 2 saturated carbocycles. The predicted octanol–water partition coefficient (Wildman–Crippen LogP) is 6.12. The molecule has 3 fully saturated rings. The minimum Gasteiger partial charge on any atom is -0.460 e. The Kier molecular flexibility index (Phi) is 12.9. The summed E-state index contributed by atoms with van der Waals surface area (Å²) in [6.45, 7) is 5.58. The third kappa shape index (κ3) is 8.95. The summed E-state index contributed by atoms with van der Waals surface area (Å²) in [6, 6.07) is 5.82. The number of carbonyl (C=O) groups is 3. The summed E-state index contributed by atoms with van der Waals surface area (Å²) < 4.78 is 35.5. The van der Waals surface area contributed by atoms with Crippen LogP contribution in [0.15, 0.2) is 28.7 Å².